The summed E-state index contributed by atoms with van der Waals surface area (Å²) in [6, 6.07) is 11.6. The molecular weight excluding hydrogens is 398 g/mol. The van der Waals surface area contributed by atoms with Gasteiger partial charge in [0.25, 0.3) is 0 Å². The van der Waals surface area contributed by atoms with Crippen LogP contribution < -0.4 is 9.47 Å². The van der Waals surface area contributed by atoms with Gasteiger partial charge in [-0.3, -0.25) is 4.79 Å². The molecule has 0 aliphatic carbocycles. The first-order valence-corrected chi connectivity index (χ1v) is 11.2. The standard InChI is InChI=1S/C25H32ClNO3/c1-5-7-10-17(6-2)25(28)27-14-13-18-15-22(29-3)23(30-4)16-20(18)24(27)19-11-8-9-12-21(19)26/h8-9,11-12,15-17,24H,5-7,10,13-14H2,1-4H3/t17-,24-/m1/s1. The molecule has 0 saturated carbocycles. The molecule has 0 fully saturated rings. The third-order valence-corrected chi connectivity index (χ3v) is 6.45. The summed E-state index contributed by atoms with van der Waals surface area (Å²) in [7, 11) is 3.28. The normalized spacial score (nSPS) is 16.7. The Labute approximate surface area is 185 Å². The van der Waals surface area contributed by atoms with Gasteiger partial charge in [-0.05, 0) is 54.2 Å². The monoisotopic (exact) mass is 429 g/mol. The van der Waals surface area contributed by atoms with E-state index in [1.807, 2.05) is 41.3 Å². The molecule has 0 bridgehead atoms. The van der Waals surface area contributed by atoms with Crippen LogP contribution in [0.25, 0.3) is 0 Å². The number of amides is 1. The second kappa shape index (κ2) is 10.2. The highest BCUT2D eigenvalue weighted by Crippen LogP contribution is 2.43. The first-order valence-electron chi connectivity index (χ1n) is 10.8. The highest BCUT2D eigenvalue weighted by molar-refractivity contribution is 6.31. The van der Waals surface area contributed by atoms with Gasteiger partial charge in [0.15, 0.2) is 11.5 Å². The van der Waals surface area contributed by atoms with Crippen LogP contribution in [0.4, 0.5) is 0 Å². The Morgan fingerprint density at radius 3 is 2.47 bits per heavy atom. The number of hydrogen-bond donors (Lipinski definition) is 0. The van der Waals surface area contributed by atoms with E-state index in [-0.39, 0.29) is 17.9 Å². The van der Waals surface area contributed by atoms with Crippen LogP contribution in [-0.2, 0) is 11.2 Å². The number of carbonyl (C=O) groups is 1. The molecule has 0 saturated heterocycles. The summed E-state index contributed by atoms with van der Waals surface area (Å²) < 4.78 is 11.1. The maximum absolute atomic E-state index is 13.6. The summed E-state index contributed by atoms with van der Waals surface area (Å²) in [5.41, 5.74) is 3.18. The van der Waals surface area contributed by atoms with Gasteiger partial charge in [0.05, 0.1) is 20.3 Å². The van der Waals surface area contributed by atoms with Gasteiger partial charge in [-0.1, -0.05) is 56.5 Å². The van der Waals surface area contributed by atoms with Crippen LogP contribution in [0.1, 0.15) is 62.3 Å². The molecule has 1 heterocycles. The molecule has 2 atom stereocenters. The fourth-order valence-electron chi connectivity index (χ4n) is 4.40. The van der Waals surface area contributed by atoms with Gasteiger partial charge in [0.1, 0.15) is 0 Å². The smallest absolute Gasteiger partial charge is 0.226 e. The van der Waals surface area contributed by atoms with Gasteiger partial charge < -0.3 is 14.4 Å². The highest BCUT2D eigenvalue weighted by Gasteiger charge is 2.36. The van der Waals surface area contributed by atoms with Crippen molar-refractivity contribution in [2.45, 2.75) is 52.0 Å². The number of halogens is 1. The van der Waals surface area contributed by atoms with Crippen LogP contribution >= 0.6 is 11.6 Å². The number of carbonyl (C=O) groups excluding carboxylic acids is 1. The Morgan fingerprint density at radius 2 is 1.83 bits per heavy atom. The van der Waals surface area contributed by atoms with E-state index < -0.39 is 0 Å². The average Bonchev–Trinajstić information content (AvgIpc) is 2.78. The van der Waals surface area contributed by atoms with Crippen molar-refractivity contribution in [3.63, 3.8) is 0 Å². The lowest BCUT2D eigenvalue weighted by Gasteiger charge is -2.40. The van der Waals surface area contributed by atoms with Crippen LogP contribution in [-0.4, -0.2) is 31.6 Å². The van der Waals surface area contributed by atoms with Crippen molar-refractivity contribution < 1.29 is 14.3 Å². The lowest BCUT2D eigenvalue weighted by atomic mass is 9.86. The molecule has 0 radical (unpaired) electrons. The fourth-order valence-corrected chi connectivity index (χ4v) is 4.64. The number of hydrogen-bond acceptors (Lipinski definition) is 3. The maximum atomic E-state index is 13.6. The Bertz CT molecular complexity index is 883. The van der Waals surface area contributed by atoms with Crippen LogP contribution in [0.2, 0.25) is 5.02 Å². The van der Waals surface area contributed by atoms with Crippen molar-refractivity contribution in [1.29, 1.82) is 0 Å². The van der Waals surface area contributed by atoms with Crippen LogP contribution in [0.15, 0.2) is 36.4 Å². The number of rotatable bonds is 8. The van der Waals surface area contributed by atoms with E-state index in [9.17, 15) is 4.79 Å². The van der Waals surface area contributed by atoms with Crippen molar-refractivity contribution >= 4 is 17.5 Å². The number of methoxy groups -OCH3 is 2. The zero-order valence-corrected chi connectivity index (χ0v) is 19.2. The molecule has 0 N–H and O–H groups in total. The summed E-state index contributed by atoms with van der Waals surface area (Å²) in [5, 5.41) is 0.671. The number of benzene rings is 2. The van der Waals surface area contributed by atoms with Crippen molar-refractivity contribution in [3.8, 4) is 11.5 Å². The van der Waals surface area contributed by atoms with E-state index in [1.165, 1.54) is 5.56 Å². The van der Waals surface area contributed by atoms with Gasteiger partial charge in [-0.15, -0.1) is 0 Å². The molecule has 1 aliphatic rings. The van der Waals surface area contributed by atoms with Gasteiger partial charge in [0.2, 0.25) is 5.91 Å². The predicted octanol–water partition coefficient (Wildman–Crippen LogP) is 6.05. The molecule has 162 valence electrons. The molecule has 0 aromatic heterocycles. The van der Waals surface area contributed by atoms with Crippen LogP contribution in [0.5, 0.6) is 11.5 Å². The predicted molar refractivity (Wildman–Crippen MR) is 122 cm³/mol. The summed E-state index contributed by atoms with van der Waals surface area (Å²) in [6.45, 7) is 4.94. The molecular formula is C25H32ClNO3. The van der Waals surface area contributed by atoms with Crippen LogP contribution in [0.3, 0.4) is 0 Å². The Balaban J connectivity index is 2.11. The molecule has 1 aliphatic heterocycles. The minimum Gasteiger partial charge on any atom is -0.493 e. The van der Waals surface area contributed by atoms with Gasteiger partial charge in [-0.2, -0.15) is 0 Å². The van der Waals surface area contributed by atoms with Gasteiger partial charge in [0, 0.05) is 17.5 Å². The summed E-state index contributed by atoms with van der Waals surface area (Å²) >= 11 is 6.63. The van der Waals surface area contributed by atoms with E-state index >= 15 is 0 Å². The lowest BCUT2D eigenvalue weighted by molar-refractivity contribution is -0.138. The zero-order chi connectivity index (χ0) is 21.7. The molecule has 30 heavy (non-hydrogen) atoms. The molecule has 5 heteroatoms. The summed E-state index contributed by atoms with van der Waals surface area (Å²) in [6.07, 6.45) is 4.72. The zero-order valence-electron chi connectivity index (χ0n) is 18.4. The van der Waals surface area contributed by atoms with Crippen molar-refractivity contribution in [1.82, 2.24) is 4.90 Å². The van der Waals surface area contributed by atoms with E-state index in [0.29, 0.717) is 23.1 Å². The molecule has 0 spiro atoms. The second-order valence-electron chi connectivity index (χ2n) is 7.86. The van der Waals surface area contributed by atoms with E-state index in [4.69, 9.17) is 21.1 Å². The van der Waals surface area contributed by atoms with E-state index in [0.717, 1.165) is 43.2 Å². The lowest BCUT2D eigenvalue weighted by Crippen LogP contribution is -2.43. The van der Waals surface area contributed by atoms with Crippen molar-refractivity contribution in [2.75, 3.05) is 20.8 Å². The SMILES string of the molecule is CCCC[C@@H](CC)C(=O)N1CCc2cc(OC)c(OC)cc2[C@H]1c1ccccc1Cl. The fraction of sp³-hybridized carbons (Fsp3) is 0.480. The molecule has 2 aromatic carbocycles. The number of fused-ring (bicyclic) bond motifs is 1. The highest BCUT2D eigenvalue weighted by atomic mass is 35.5. The van der Waals surface area contributed by atoms with E-state index in [1.54, 1.807) is 14.2 Å². The maximum Gasteiger partial charge on any atom is 0.226 e. The number of nitrogens with zero attached hydrogens (tertiary/aromatic N) is 1. The van der Waals surface area contributed by atoms with E-state index in [2.05, 4.69) is 13.8 Å². The Morgan fingerprint density at radius 1 is 1.13 bits per heavy atom. The molecule has 1 amide bonds. The number of ether oxygens (including phenoxy) is 2. The minimum atomic E-state index is -0.231. The van der Waals surface area contributed by atoms with Crippen molar-refractivity contribution in [3.05, 3.63) is 58.1 Å². The molecule has 4 nitrogen and oxygen atoms in total. The molecule has 3 rings (SSSR count). The quantitative estimate of drug-likeness (QED) is 0.512. The van der Waals surface area contributed by atoms with Gasteiger partial charge >= 0.3 is 0 Å². The Kier molecular flexibility index (Phi) is 7.65. The van der Waals surface area contributed by atoms with Gasteiger partial charge in [-0.25, -0.2) is 0 Å². The summed E-state index contributed by atoms with van der Waals surface area (Å²) in [4.78, 5) is 15.7. The minimum absolute atomic E-state index is 0.0385. The third kappa shape index (κ3) is 4.44. The largest absolute Gasteiger partial charge is 0.493 e. The molecule has 2 aromatic rings. The first-order chi connectivity index (χ1) is 14.5. The number of unbranched alkanes of at least 4 members (excludes halogenated alkanes) is 1. The molecule has 0 unspecified atom stereocenters. The summed E-state index contributed by atoms with van der Waals surface area (Å²) in [5.74, 6) is 1.64. The average molecular weight is 430 g/mol. The topological polar surface area (TPSA) is 38.8 Å². The first kappa shape index (κ1) is 22.5. The third-order valence-electron chi connectivity index (χ3n) is 6.10. The van der Waals surface area contributed by atoms with Crippen molar-refractivity contribution in [2.24, 2.45) is 5.92 Å². The second-order valence-corrected chi connectivity index (χ2v) is 8.27. The van der Waals surface area contributed by atoms with Crippen LogP contribution in [0, 0.1) is 5.92 Å². The Hall–Kier alpha value is -2.20.